The molecule has 2 bridgehead atoms. The Bertz CT molecular complexity index is 1650. The lowest BCUT2D eigenvalue weighted by atomic mass is 9.66. The number of anilines is 2. The Labute approximate surface area is 293 Å². The maximum absolute atomic E-state index is 14.6. The number of ether oxygens (including phenoxy) is 1. The number of amides is 1. The van der Waals surface area contributed by atoms with E-state index in [1.807, 2.05) is 23.1 Å². The number of carbonyl (C=O) groups is 2. The summed E-state index contributed by atoms with van der Waals surface area (Å²) >= 11 is 0. The molecule has 8 rings (SSSR count). The standard InChI is InChI=1S/C37H44F5N5O4/c38-36(39)19-46(20-36)25-3-5-26(6-4-25)51-27-7-8-30-29(16-27)35(9-1-2-10-35)18-47(30)34-43-17-28(31(45-34)37(40,41)42)32(48)44-24-14-21-11-22(15-24)13-23(12-21)33(49)50/h7-8,16-17,21-26H,1-6,9-15,18-20H2,(H,44,48)(H,49,50). The minimum atomic E-state index is -4.90. The van der Waals surface area contributed by atoms with Crippen molar-refractivity contribution in [3.8, 4) is 5.75 Å². The molecule has 2 aromatic rings. The minimum absolute atomic E-state index is 0.0376. The van der Waals surface area contributed by atoms with Crippen molar-refractivity contribution in [2.24, 2.45) is 17.8 Å². The van der Waals surface area contributed by atoms with Gasteiger partial charge in [0, 0.05) is 35.9 Å². The molecule has 4 saturated carbocycles. The van der Waals surface area contributed by atoms with Crippen LogP contribution in [0.3, 0.4) is 0 Å². The first kappa shape index (κ1) is 34.5. The zero-order valence-corrected chi connectivity index (χ0v) is 28.4. The number of fused-ring (bicyclic) bond motifs is 4. The molecular weight excluding hydrogens is 673 g/mol. The lowest BCUT2D eigenvalue weighted by Gasteiger charge is -2.46. The van der Waals surface area contributed by atoms with Crippen LogP contribution in [0.25, 0.3) is 0 Å². The average Bonchev–Trinajstić information content (AvgIpc) is 3.67. The van der Waals surface area contributed by atoms with Crippen LogP contribution in [0.2, 0.25) is 0 Å². The van der Waals surface area contributed by atoms with Gasteiger partial charge < -0.3 is 20.1 Å². The molecule has 9 nitrogen and oxygen atoms in total. The highest BCUT2D eigenvalue weighted by molar-refractivity contribution is 5.95. The van der Waals surface area contributed by atoms with Crippen molar-refractivity contribution in [2.45, 2.75) is 119 Å². The summed E-state index contributed by atoms with van der Waals surface area (Å²) in [5.41, 5.74) is -0.461. The number of rotatable bonds is 7. The lowest BCUT2D eigenvalue weighted by molar-refractivity contribution is -0.151. The number of aliphatic carboxylic acids is 1. The zero-order chi connectivity index (χ0) is 35.7. The van der Waals surface area contributed by atoms with E-state index in [4.69, 9.17) is 4.74 Å². The van der Waals surface area contributed by atoms with Crippen molar-refractivity contribution >= 4 is 23.5 Å². The first-order chi connectivity index (χ1) is 24.2. The van der Waals surface area contributed by atoms with Gasteiger partial charge in [-0.3, -0.25) is 14.5 Å². The second kappa shape index (κ2) is 12.8. The molecule has 2 aliphatic heterocycles. The summed E-state index contributed by atoms with van der Waals surface area (Å²) in [7, 11) is 0. The summed E-state index contributed by atoms with van der Waals surface area (Å²) in [6.45, 7) is 0.0774. The smallest absolute Gasteiger partial charge is 0.434 e. The van der Waals surface area contributed by atoms with E-state index in [1.54, 1.807) is 4.90 Å². The fraction of sp³-hybridized carbons (Fsp3) is 0.676. The van der Waals surface area contributed by atoms with Gasteiger partial charge in [-0.05, 0) is 106 Å². The third-order valence-electron chi connectivity index (χ3n) is 12.5. The minimum Gasteiger partial charge on any atom is -0.490 e. The number of carboxylic acids is 1. The van der Waals surface area contributed by atoms with Crippen LogP contribution in [0.5, 0.6) is 5.75 Å². The number of nitrogens with one attached hydrogen (secondary N) is 1. The van der Waals surface area contributed by atoms with Crippen LogP contribution in [0.1, 0.15) is 105 Å². The topological polar surface area (TPSA) is 108 Å². The molecule has 14 heteroatoms. The highest BCUT2D eigenvalue weighted by atomic mass is 19.4. The molecule has 2 N–H and O–H groups in total. The van der Waals surface area contributed by atoms with Gasteiger partial charge in [-0.2, -0.15) is 13.2 Å². The molecule has 4 aliphatic carbocycles. The van der Waals surface area contributed by atoms with Gasteiger partial charge in [0.15, 0.2) is 5.69 Å². The lowest BCUT2D eigenvalue weighted by Crippen LogP contribution is -2.60. The molecule has 1 aromatic heterocycles. The van der Waals surface area contributed by atoms with E-state index in [0.29, 0.717) is 38.0 Å². The molecule has 2 atom stereocenters. The van der Waals surface area contributed by atoms with E-state index in [1.165, 1.54) is 0 Å². The molecule has 1 spiro atoms. The molecular formula is C37H44F5N5O4. The largest absolute Gasteiger partial charge is 0.490 e. The first-order valence-corrected chi connectivity index (χ1v) is 18.4. The molecule has 51 heavy (non-hydrogen) atoms. The molecule has 1 saturated heterocycles. The monoisotopic (exact) mass is 717 g/mol. The van der Waals surface area contributed by atoms with Crippen molar-refractivity contribution in [3.63, 3.8) is 0 Å². The quantitative estimate of drug-likeness (QED) is 0.292. The number of hydrogen-bond donors (Lipinski definition) is 2. The number of nitrogens with zero attached hydrogens (tertiary/aromatic N) is 4. The Kier molecular flexibility index (Phi) is 8.69. The third kappa shape index (κ3) is 6.77. The first-order valence-electron chi connectivity index (χ1n) is 18.4. The second-order valence-corrected chi connectivity index (χ2v) is 16.1. The van der Waals surface area contributed by atoms with Gasteiger partial charge in [0.05, 0.1) is 30.7 Å². The van der Waals surface area contributed by atoms with Gasteiger partial charge in [0.25, 0.3) is 11.8 Å². The SMILES string of the molecule is O=C(NC1CC2CC(C1)CC(C(=O)O)C2)c1cnc(N2CC3(CCCC3)c3cc(OC4CCC(N5CC(F)(F)C5)CC4)ccc32)nc1C(F)(F)F. The van der Waals surface area contributed by atoms with E-state index < -0.39 is 41.2 Å². The highest BCUT2D eigenvalue weighted by Gasteiger charge is 2.49. The zero-order valence-electron chi connectivity index (χ0n) is 28.4. The Morgan fingerprint density at radius 1 is 0.941 bits per heavy atom. The highest BCUT2D eigenvalue weighted by Crippen LogP contribution is 2.53. The van der Waals surface area contributed by atoms with E-state index >= 15 is 0 Å². The molecule has 5 fully saturated rings. The molecule has 276 valence electrons. The van der Waals surface area contributed by atoms with Gasteiger partial charge in [-0.1, -0.05) is 12.8 Å². The van der Waals surface area contributed by atoms with E-state index in [2.05, 4.69) is 15.3 Å². The van der Waals surface area contributed by atoms with Crippen molar-refractivity contribution < 1.29 is 41.4 Å². The van der Waals surface area contributed by atoms with Crippen LogP contribution in [-0.2, 0) is 16.4 Å². The summed E-state index contributed by atoms with van der Waals surface area (Å²) in [5.74, 6) is -3.89. The van der Waals surface area contributed by atoms with E-state index in [9.17, 15) is 36.6 Å². The fourth-order valence-corrected chi connectivity index (χ4v) is 10.2. The summed E-state index contributed by atoms with van der Waals surface area (Å²) in [4.78, 5) is 36.9. The predicted molar refractivity (Wildman–Crippen MR) is 176 cm³/mol. The van der Waals surface area contributed by atoms with Gasteiger partial charge >= 0.3 is 12.1 Å². The Balaban J connectivity index is 0.987. The summed E-state index contributed by atoms with van der Waals surface area (Å²) in [5, 5.41) is 12.3. The average molecular weight is 718 g/mol. The Hall–Kier alpha value is -3.55. The van der Waals surface area contributed by atoms with Gasteiger partial charge in [0.2, 0.25) is 5.95 Å². The van der Waals surface area contributed by atoms with Gasteiger partial charge in [-0.25, -0.2) is 18.7 Å². The van der Waals surface area contributed by atoms with E-state index in [-0.39, 0.29) is 54.5 Å². The predicted octanol–water partition coefficient (Wildman–Crippen LogP) is 7.11. The summed E-state index contributed by atoms with van der Waals surface area (Å²) < 4.78 is 76.8. The van der Waals surface area contributed by atoms with Crippen LogP contribution in [0, 0.1) is 17.8 Å². The normalized spacial score (nSPS) is 31.2. The van der Waals surface area contributed by atoms with Crippen LogP contribution < -0.4 is 15.0 Å². The Morgan fingerprint density at radius 2 is 1.63 bits per heavy atom. The number of alkyl halides is 5. The molecule has 1 aromatic carbocycles. The van der Waals surface area contributed by atoms with Crippen LogP contribution in [-0.4, -0.2) is 75.6 Å². The molecule has 0 radical (unpaired) electrons. The summed E-state index contributed by atoms with van der Waals surface area (Å²) in [6, 6.07) is 5.50. The number of likely N-dealkylation sites (tertiary alicyclic amines) is 1. The summed E-state index contributed by atoms with van der Waals surface area (Å²) in [6.07, 6.45) is 5.87. The number of carboxylic acid groups (broad SMARTS) is 1. The maximum Gasteiger partial charge on any atom is 0.434 e. The number of hydrogen-bond acceptors (Lipinski definition) is 7. The van der Waals surface area contributed by atoms with Crippen molar-refractivity contribution in [3.05, 3.63) is 41.2 Å². The van der Waals surface area contributed by atoms with Gasteiger partial charge in [0.1, 0.15) is 5.75 Å². The molecule has 3 heterocycles. The number of carbonyl (C=O) groups excluding carboxylic acids is 1. The van der Waals surface area contributed by atoms with Crippen LogP contribution >= 0.6 is 0 Å². The second-order valence-electron chi connectivity index (χ2n) is 16.1. The molecule has 2 unspecified atom stereocenters. The fourth-order valence-electron chi connectivity index (χ4n) is 10.2. The van der Waals surface area contributed by atoms with Crippen molar-refractivity contribution in [1.82, 2.24) is 20.2 Å². The van der Waals surface area contributed by atoms with Crippen molar-refractivity contribution in [2.75, 3.05) is 24.5 Å². The Morgan fingerprint density at radius 3 is 2.25 bits per heavy atom. The number of halogens is 5. The van der Waals surface area contributed by atoms with E-state index in [0.717, 1.165) is 75.2 Å². The van der Waals surface area contributed by atoms with Crippen LogP contribution in [0.4, 0.5) is 33.6 Å². The number of benzene rings is 1. The third-order valence-corrected chi connectivity index (χ3v) is 12.5. The number of aromatic nitrogens is 2. The maximum atomic E-state index is 14.6. The van der Waals surface area contributed by atoms with Gasteiger partial charge in [-0.15, -0.1) is 0 Å². The molecule has 6 aliphatic rings. The van der Waals surface area contributed by atoms with Crippen molar-refractivity contribution in [1.29, 1.82) is 0 Å². The molecule has 1 amide bonds. The van der Waals surface area contributed by atoms with Crippen LogP contribution in [0.15, 0.2) is 24.4 Å².